The van der Waals surface area contributed by atoms with Gasteiger partial charge in [-0.2, -0.15) is 4.57 Å². The van der Waals surface area contributed by atoms with E-state index in [9.17, 15) is 14.4 Å². The van der Waals surface area contributed by atoms with E-state index < -0.39 is 18.1 Å². The van der Waals surface area contributed by atoms with Crippen molar-refractivity contribution in [3.63, 3.8) is 0 Å². The average molecular weight is 409 g/mol. The number of nitrogens with zero attached hydrogens (tertiary/aromatic N) is 1. The van der Waals surface area contributed by atoms with Crippen molar-refractivity contribution in [3.05, 3.63) is 66.6 Å². The highest BCUT2D eigenvalue weighted by atomic mass is 16.5. The van der Waals surface area contributed by atoms with Gasteiger partial charge in [0, 0.05) is 12.1 Å². The monoisotopic (exact) mass is 409 g/mol. The summed E-state index contributed by atoms with van der Waals surface area (Å²) in [6.45, 7) is 1.75. The topological polar surface area (TPSA) is 113 Å². The van der Waals surface area contributed by atoms with Crippen LogP contribution < -0.4 is 15.2 Å². The van der Waals surface area contributed by atoms with Crippen LogP contribution in [0.25, 0.3) is 16.8 Å². The Morgan fingerprint density at radius 2 is 1.70 bits per heavy atom. The second-order valence-corrected chi connectivity index (χ2v) is 6.04. The summed E-state index contributed by atoms with van der Waals surface area (Å²) < 4.78 is 11.4. The summed E-state index contributed by atoms with van der Waals surface area (Å²) in [4.78, 5) is 39.3. The fourth-order valence-corrected chi connectivity index (χ4v) is 2.93. The molecule has 9 heteroatoms. The fraction of sp³-hybridized carbons (Fsp3) is 0.143. The number of anilines is 1. The van der Waals surface area contributed by atoms with E-state index in [1.807, 2.05) is 48.5 Å². The normalized spacial score (nSPS) is 10.2. The Kier molecular flexibility index (Phi) is 6.43. The molecule has 3 aromatic rings. The van der Waals surface area contributed by atoms with E-state index in [2.05, 4.69) is 15.6 Å². The van der Waals surface area contributed by atoms with Crippen LogP contribution in [-0.4, -0.2) is 36.8 Å². The van der Waals surface area contributed by atoms with Crippen LogP contribution in [0, 0.1) is 0 Å². The molecule has 0 saturated carbocycles. The Balaban J connectivity index is 2.14. The summed E-state index contributed by atoms with van der Waals surface area (Å²) in [6.07, 6.45) is 2.66. The Morgan fingerprint density at radius 1 is 1.03 bits per heavy atom. The zero-order valence-corrected chi connectivity index (χ0v) is 16.5. The molecule has 2 aromatic heterocycles. The molecule has 0 fully saturated rings. The number of methoxy groups -OCH3 is 1. The van der Waals surface area contributed by atoms with Gasteiger partial charge in [0.25, 0.3) is 5.69 Å². The molecule has 0 unspecified atom stereocenters. The van der Waals surface area contributed by atoms with Crippen molar-refractivity contribution in [2.45, 2.75) is 6.92 Å². The molecule has 9 nitrogen and oxygen atoms in total. The van der Waals surface area contributed by atoms with E-state index in [1.165, 1.54) is 7.11 Å². The van der Waals surface area contributed by atoms with Crippen LogP contribution in [0.4, 0.5) is 15.4 Å². The maximum absolute atomic E-state index is 12.5. The molecule has 3 N–H and O–H groups in total. The van der Waals surface area contributed by atoms with Crippen LogP contribution in [-0.2, 0) is 9.47 Å². The summed E-state index contributed by atoms with van der Waals surface area (Å²) in [6, 6.07) is 13.8. The van der Waals surface area contributed by atoms with Gasteiger partial charge in [0.05, 0.1) is 19.3 Å². The maximum atomic E-state index is 12.5. The number of rotatable bonds is 5. The molecule has 0 saturated heterocycles. The lowest BCUT2D eigenvalue weighted by Gasteiger charge is -2.06. The molecule has 0 spiro atoms. The Morgan fingerprint density at radius 3 is 2.33 bits per heavy atom. The van der Waals surface area contributed by atoms with Gasteiger partial charge < -0.3 is 14.5 Å². The van der Waals surface area contributed by atoms with Crippen LogP contribution in [0.5, 0.6) is 0 Å². The lowest BCUT2D eigenvalue weighted by Crippen LogP contribution is -2.37. The van der Waals surface area contributed by atoms with Gasteiger partial charge >= 0.3 is 18.1 Å². The summed E-state index contributed by atoms with van der Waals surface area (Å²) in [5.41, 5.74) is 1.92. The lowest BCUT2D eigenvalue weighted by atomic mass is 10.0. The second kappa shape index (κ2) is 9.37. The third-order valence-corrected chi connectivity index (χ3v) is 4.13. The fourth-order valence-electron chi connectivity index (χ4n) is 2.93. The number of carbonyl (C=O) groups excluding carboxylic acids is 3. The maximum Gasteiger partial charge on any atom is 0.415 e. The summed E-state index contributed by atoms with van der Waals surface area (Å²) in [7, 11) is 1.27. The van der Waals surface area contributed by atoms with E-state index in [0.29, 0.717) is 11.3 Å². The molecule has 154 valence electrons. The number of urea groups is 1. The van der Waals surface area contributed by atoms with Gasteiger partial charge in [0.15, 0.2) is 18.2 Å². The molecule has 2 heterocycles. The molecule has 0 aliphatic carbocycles. The number of carbonyl (C=O) groups is 3. The number of imide groups is 1. The highest BCUT2D eigenvalue weighted by molar-refractivity contribution is 6.04. The zero-order valence-electron chi connectivity index (χ0n) is 16.5. The standard InChI is InChI=1S/C21H20N4O5/c1-3-30-21(28)24-20(27)23-18-17(25-12-8-5-9-13-25)15(14-10-6-4-7-11-14)16(22-18)19(26)29-2/h4-13H,3H2,1-2H3,(H2-,22,23,24,26,27,28)/p+1. The molecular formula is C21H21N4O5+. The number of amides is 3. The van der Waals surface area contributed by atoms with Crippen molar-refractivity contribution >= 4 is 23.9 Å². The number of pyridine rings is 1. The van der Waals surface area contributed by atoms with Gasteiger partial charge in [-0.25, -0.2) is 19.7 Å². The minimum atomic E-state index is -0.882. The van der Waals surface area contributed by atoms with Crippen molar-refractivity contribution in [3.8, 4) is 16.8 Å². The molecule has 0 radical (unpaired) electrons. The number of H-pyrrole nitrogens is 1. The van der Waals surface area contributed by atoms with Crippen LogP contribution >= 0.6 is 0 Å². The highest BCUT2D eigenvalue weighted by Gasteiger charge is 2.31. The highest BCUT2D eigenvalue weighted by Crippen LogP contribution is 2.34. The SMILES string of the molecule is CCOC(=O)NC(=O)Nc1[nH]c(C(=O)OC)c(-c2ccccc2)c1-[n+]1ccccc1. The predicted molar refractivity (Wildman–Crippen MR) is 108 cm³/mol. The number of benzene rings is 1. The van der Waals surface area contributed by atoms with Crippen molar-refractivity contribution in [2.24, 2.45) is 0 Å². The lowest BCUT2D eigenvalue weighted by molar-refractivity contribution is -0.594. The third kappa shape index (κ3) is 4.46. The Bertz CT molecular complexity index is 1050. The van der Waals surface area contributed by atoms with Crippen LogP contribution in [0.15, 0.2) is 60.9 Å². The first kappa shape index (κ1) is 20.6. The van der Waals surface area contributed by atoms with Crippen molar-refractivity contribution < 1.29 is 28.4 Å². The number of ether oxygens (including phenoxy) is 2. The number of hydrogen-bond acceptors (Lipinski definition) is 5. The van der Waals surface area contributed by atoms with Gasteiger partial charge in [-0.15, -0.1) is 0 Å². The van der Waals surface area contributed by atoms with E-state index in [1.54, 1.807) is 23.9 Å². The second-order valence-electron chi connectivity index (χ2n) is 6.04. The summed E-state index contributed by atoms with van der Waals surface area (Å²) in [5.74, 6) is -0.405. The zero-order chi connectivity index (χ0) is 21.5. The minimum absolute atomic E-state index is 0.122. The molecule has 3 rings (SSSR count). The molecule has 0 atom stereocenters. The number of nitrogens with one attached hydrogen (secondary N) is 3. The van der Waals surface area contributed by atoms with Gasteiger partial charge in [0.2, 0.25) is 0 Å². The van der Waals surface area contributed by atoms with Gasteiger partial charge in [-0.3, -0.25) is 5.32 Å². The van der Waals surface area contributed by atoms with Gasteiger partial charge in [0.1, 0.15) is 5.69 Å². The minimum Gasteiger partial charge on any atom is -0.464 e. The molecule has 0 bridgehead atoms. The van der Waals surface area contributed by atoms with Gasteiger partial charge in [-0.05, 0) is 12.5 Å². The van der Waals surface area contributed by atoms with E-state index >= 15 is 0 Å². The van der Waals surface area contributed by atoms with Crippen LogP contribution in [0.1, 0.15) is 17.4 Å². The number of aromatic nitrogens is 2. The Labute approximate surface area is 172 Å². The average Bonchev–Trinajstić information content (AvgIpc) is 3.13. The van der Waals surface area contributed by atoms with Crippen molar-refractivity contribution in [2.75, 3.05) is 19.0 Å². The first-order valence-corrected chi connectivity index (χ1v) is 9.16. The predicted octanol–water partition coefficient (Wildman–Crippen LogP) is 3.02. The summed E-state index contributed by atoms with van der Waals surface area (Å²) >= 11 is 0. The van der Waals surface area contributed by atoms with Crippen molar-refractivity contribution in [1.82, 2.24) is 10.3 Å². The molecule has 0 aliphatic rings. The molecule has 3 amide bonds. The van der Waals surface area contributed by atoms with E-state index in [0.717, 1.165) is 5.56 Å². The number of aromatic amines is 1. The van der Waals surface area contributed by atoms with Crippen molar-refractivity contribution in [1.29, 1.82) is 0 Å². The third-order valence-electron chi connectivity index (χ3n) is 4.13. The molecule has 1 aromatic carbocycles. The number of hydrogen-bond donors (Lipinski definition) is 3. The largest absolute Gasteiger partial charge is 0.464 e. The Hall–Kier alpha value is -4.14. The molecular weight excluding hydrogens is 388 g/mol. The molecule has 30 heavy (non-hydrogen) atoms. The van der Waals surface area contributed by atoms with Crippen LogP contribution in [0.3, 0.4) is 0 Å². The smallest absolute Gasteiger partial charge is 0.415 e. The quantitative estimate of drug-likeness (QED) is 0.443. The molecule has 0 aliphatic heterocycles. The number of esters is 1. The number of alkyl carbamates (subject to hydrolysis) is 1. The first-order chi connectivity index (χ1) is 14.5. The van der Waals surface area contributed by atoms with E-state index in [4.69, 9.17) is 9.47 Å². The van der Waals surface area contributed by atoms with E-state index in [-0.39, 0.29) is 18.1 Å². The first-order valence-electron chi connectivity index (χ1n) is 9.16. The summed E-state index contributed by atoms with van der Waals surface area (Å²) in [5, 5.41) is 4.64. The van der Waals surface area contributed by atoms with Gasteiger partial charge in [-0.1, -0.05) is 36.4 Å². The van der Waals surface area contributed by atoms with Crippen LogP contribution in [0.2, 0.25) is 0 Å².